The average Bonchev–Trinajstić information content (AvgIpc) is 2.29. The van der Waals surface area contributed by atoms with Gasteiger partial charge < -0.3 is 9.35 Å². The number of rotatable bonds is 9. The van der Waals surface area contributed by atoms with Crippen molar-refractivity contribution >= 4 is 28.9 Å². The van der Waals surface area contributed by atoms with Crippen LogP contribution in [0.25, 0.3) is 0 Å². The standard InChI is InChI=1S/C14H34N4Si2/c1-17(19(3,4)5)15-13-11-9-10-12-14-16-18(2)20(6,7)8/h13-14H,9-12H2,1-8H3. The van der Waals surface area contributed by atoms with Crippen LogP contribution in [0.1, 0.15) is 25.7 Å². The van der Waals surface area contributed by atoms with Gasteiger partial charge in [0.2, 0.25) is 0 Å². The van der Waals surface area contributed by atoms with Crippen molar-refractivity contribution in [3.63, 3.8) is 0 Å². The molecule has 0 aromatic heterocycles. The molecule has 4 nitrogen and oxygen atoms in total. The molecule has 0 aromatic carbocycles. The topological polar surface area (TPSA) is 31.2 Å². The van der Waals surface area contributed by atoms with Crippen molar-refractivity contribution in [1.82, 2.24) is 9.35 Å². The smallest absolute Gasteiger partial charge is 0.168 e. The van der Waals surface area contributed by atoms with Gasteiger partial charge in [-0.05, 0) is 25.7 Å². The highest BCUT2D eigenvalue weighted by Gasteiger charge is 2.18. The van der Waals surface area contributed by atoms with Gasteiger partial charge in [-0.3, -0.25) is 0 Å². The van der Waals surface area contributed by atoms with E-state index in [0.717, 1.165) is 12.8 Å². The van der Waals surface area contributed by atoms with Crippen LogP contribution >= 0.6 is 0 Å². The van der Waals surface area contributed by atoms with Crippen LogP contribution in [-0.2, 0) is 0 Å². The molecule has 0 saturated carbocycles. The molecule has 0 atom stereocenters. The lowest BCUT2D eigenvalue weighted by atomic mass is 10.2. The quantitative estimate of drug-likeness (QED) is 0.278. The molecule has 6 heteroatoms. The molecule has 0 amide bonds. The summed E-state index contributed by atoms with van der Waals surface area (Å²) < 4.78 is 4.30. The van der Waals surface area contributed by atoms with Gasteiger partial charge in [0.05, 0.1) is 0 Å². The monoisotopic (exact) mass is 314 g/mol. The van der Waals surface area contributed by atoms with E-state index in [2.05, 4.69) is 85.4 Å². The fourth-order valence-corrected chi connectivity index (χ4v) is 2.03. The Bertz CT molecular complexity index is 284. The fraction of sp³-hybridized carbons (Fsp3) is 0.857. The van der Waals surface area contributed by atoms with E-state index < -0.39 is 16.5 Å². The van der Waals surface area contributed by atoms with Gasteiger partial charge in [-0.15, -0.1) is 0 Å². The first kappa shape index (κ1) is 19.4. The van der Waals surface area contributed by atoms with Crippen LogP contribution < -0.4 is 0 Å². The zero-order chi connectivity index (χ0) is 15.8. The molecule has 0 heterocycles. The molecular formula is C14H34N4Si2. The van der Waals surface area contributed by atoms with Crippen molar-refractivity contribution in [3.05, 3.63) is 0 Å². The van der Waals surface area contributed by atoms with Crippen LogP contribution in [0, 0.1) is 0 Å². The first-order valence-electron chi connectivity index (χ1n) is 7.57. The SMILES string of the molecule is CN(N=CCCCCC=NN(C)[Si](C)(C)C)[Si](C)(C)C. The first-order chi connectivity index (χ1) is 9.05. The second-order valence-corrected chi connectivity index (χ2v) is 17.2. The number of nitrogens with zero attached hydrogens (tertiary/aromatic N) is 4. The lowest BCUT2D eigenvalue weighted by Crippen LogP contribution is -2.39. The van der Waals surface area contributed by atoms with Crippen molar-refractivity contribution in [2.24, 2.45) is 10.2 Å². The van der Waals surface area contributed by atoms with Crippen LogP contribution in [0.15, 0.2) is 10.2 Å². The fourth-order valence-electron chi connectivity index (χ4n) is 1.18. The summed E-state index contributed by atoms with van der Waals surface area (Å²) in [6.45, 7) is 13.8. The molecule has 0 unspecified atom stereocenters. The molecule has 0 N–H and O–H groups in total. The molecule has 0 bridgehead atoms. The van der Waals surface area contributed by atoms with Crippen molar-refractivity contribution < 1.29 is 0 Å². The van der Waals surface area contributed by atoms with E-state index in [9.17, 15) is 0 Å². The number of hydrogen-bond donors (Lipinski definition) is 0. The molecule has 0 radical (unpaired) electrons. The van der Waals surface area contributed by atoms with E-state index >= 15 is 0 Å². The Morgan fingerprint density at radius 2 is 1.00 bits per heavy atom. The van der Waals surface area contributed by atoms with Gasteiger partial charge in [-0.2, -0.15) is 10.2 Å². The summed E-state index contributed by atoms with van der Waals surface area (Å²) in [5, 5.41) is 9.01. The van der Waals surface area contributed by atoms with Gasteiger partial charge in [0.15, 0.2) is 16.5 Å². The molecule has 0 spiro atoms. The highest BCUT2D eigenvalue weighted by molar-refractivity contribution is 6.73. The largest absolute Gasteiger partial charge is 0.328 e. The Morgan fingerprint density at radius 1 is 0.700 bits per heavy atom. The highest BCUT2D eigenvalue weighted by Crippen LogP contribution is 2.07. The van der Waals surface area contributed by atoms with Gasteiger partial charge in [0, 0.05) is 26.5 Å². The van der Waals surface area contributed by atoms with E-state index in [1.807, 2.05) is 0 Å². The maximum atomic E-state index is 4.51. The minimum Gasteiger partial charge on any atom is -0.328 e. The van der Waals surface area contributed by atoms with Crippen LogP contribution in [0.2, 0.25) is 39.3 Å². The Labute approximate surface area is 128 Å². The molecule has 118 valence electrons. The third-order valence-corrected chi connectivity index (χ3v) is 7.48. The second-order valence-electron chi connectivity index (χ2n) is 7.27. The van der Waals surface area contributed by atoms with E-state index in [0.29, 0.717) is 0 Å². The highest BCUT2D eigenvalue weighted by atomic mass is 28.3. The number of hydrogen-bond acceptors (Lipinski definition) is 4. The zero-order valence-corrected chi connectivity index (χ0v) is 16.8. The summed E-state index contributed by atoms with van der Waals surface area (Å²) >= 11 is 0. The summed E-state index contributed by atoms with van der Waals surface area (Å²) in [6.07, 6.45) is 8.61. The number of unbranched alkanes of at least 4 members (excludes halogenated alkanes) is 3. The molecule has 0 fully saturated rings. The summed E-state index contributed by atoms with van der Waals surface area (Å²) in [5.41, 5.74) is 0. The molecule has 0 aromatic rings. The minimum atomic E-state index is -1.26. The van der Waals surface area contributed by atoms with E-state index in [4.69, 9.17) is 0 Å². The molecule has 0 aliphatic carbocycles. The predicted octanol–water partition coefficient (Wildman–Crippen LogP) is 4.05. The van der Waals surface area contributed by atoms with Gasteiger partial charge in [0.25, 0.3) is 0 Å². The molecule has 0 aliphatic rings. The van der Waals surface area contributed by atoms with Gasteiger partial charge in [-0.1, -0.05) is 39.3 Å². The third-order valence-electron chi connectivity index (χ3n) is 3.37. The summed E-state index contributed by atoms with van der Waals surface area (Å²) in [7, 11) is 1.65. The van der Waals surface area contributed by atoms with E-state index in [1.165, 1.54) is 12.8 Å². The summed E-state index contributed by atoms with van der Waals surface area (Å²) in [5.74, 6) is 0. The normalized spacial score (nSPS) is 13.4. The lowest BCUT2D eigenvalue weighted by molar-refractivity contribution is 0.547. The first-order valence-corrected chi connectivity index (χ1v) is 14.5. The van der Waals surface area contributed by atoms with Crippen LogP contribution in [0.4, 0.5) is 0 Å². The maximum absolute atomic E-state index is 4.51. The van der Waals surface area contributed by atoms with Crippen molar-refractivity contribution in [3.8, 4) is 0 Å². The van der Waals surface area contributed by atoms with Crippen molar-refractivity contribution in [2.75, 3.05) is 14.1 Å². The molecule has 0 aliphatic heterocycles. The lowest BCUT2D eigenvalue weighted by Gasteiger charge is -2.26. The zero-order valence-electron chi connectivity index (χ0n) is 14.8. The molecule has 0 rings (SSSR count). The predicted molar refractivity (Wildman–Crippen MR) is 97.7 cm³/mol. The van der Waals surface area contributed by atoms with Crippen molar-refractivity contribution in [2.45, 2.75) is 65.0 Å². The van der Waals surface area contributed by atoms with Gasteiger partial charge >= 0.3 is 0 Å². The van der Waals surface area contributed by atoms with Gasteiger partial charge in [-0.25, -0.2) is 0 Å². The Hall–Kier alpha value is -0.626. The average molecular weight is 315 g/mol. The van der Waals surface area contributed by atoms with Crippen LogP contribution in [0.5, 0.6) is 0 Å². The molecule has 20 heavy (non-hydrogen) atoms. The Morgan fingerprint density at radius 3 is 1.25 bits per heavy atom. The number of hydrazone groups is 2. The van der Waals surface area contributed by atoms with Crippen LogP contribution in [-0.4, -0.2) is 52.3 Å². The van der Waals surface area contributed by atoms with Crippen molar-refractivity contribution in [1.29, 1.82) is 0 Å². The van der Waals surface area contributed by atoms with E-state index in [1.54, 1.807) is 0 Å². The minimum absolute atomic E-state index is 1.06. The molecule has 0 saturated heterocycles. The summed E-state index contributed by atoms with van der Waals surface area (Å²) in [6, 6.07) is 0. The Kier molecular flexibility index (Phi) is 8.34. The summed E-state index contributed by atoms with van der Waals surface area (Å²) in [4.78, 5) is 0. The molecular weight excluding hydrogens is 280 g/mol. The third kappa shape index (κ3) is 9.30. The van der Waals surface area contributed by atoms with Gasteiger partial charge in [0.1, 0.15) is 0 Å². The second kappa shape index (κ2) is 8.61. The Balaban J connectivity index is 3.74. The maximum Gasteiger partial charge on any atom is 0.168 e. The van der Waals surface area contributed by atoms with Crippen LogP contribution in [0.3, 0.4) is 0 Å². The van der Waals surface area contributed by atoms with E-state index in [-0.39, 0.29) is 0 Å².